The average molecular weight is 351 g/mol. The first-order valence-electron chi connectivity index (χ1n) is 8.55. The number of likely N-dealkylation sites (N-methyl/N-ethyl adjacent to an activating group) is 2. The van der Waals surface area contributed by atoms with Gasteiger partial charge >= 0.3 is 0 Å². The molecule has 2 aromatic carbocycles. The van der Waals surface area contributed by atoms with Crippen LogP contribution in [0.15, 0.2) is 53.5 Å². The fourth-order valence-corrected chi connectivity index (χ4v) is 3.95. The molecule has 0 saturated carbocycles. The molecule has 4 rings (SSSR count). The van der Waals surface area contributed by atoms with Crippen molar-refractivity contribution in [1.82, 2.24) is 4.90 Å². The summed E-state index contributed by atoms with van der Waals surface area (Å²) in [5, 5.41) is 14.5. The van der Waals surface area contributed by atoms with Crippen LogP contribution >= 0.6 is 0 Å². The van der Waals surface area contributed by atoms with Crippen molar-refractivity contribution in [2.45, 2.75) is 18.1 Å². The molecule has 7 nitrogen and oxygen atoms in total. The van der Waals surface area contributed by atoms with Crippen LogP contribution in [0.1, 0.15) is 11.5 Å². The molecular formula is C19H21N5O2. The van der Waals surface area contributed by atoms with Crippen molar-refractivity contribution in [2.24, 2.45) is 4.99 Å². The first kappa shape index (κ1) is 16.4. The van der Waals surface area contributed by atoms with Gasteiger partial charge in [0.25, 0.3) is 5.69 Å². The van der Waals surface area contributed by atoms with Crippen molar-refractivity contribution >= 4 is 22.9 Å². The first-order chi connectivity index (χ1) is 12.5. The Morgan fingerprint density at radius 1 is 1.15 bits per heavy atom. The highest BCUT2D eigenvalue weighted by Gasteiger charge is 2.46. The lowest BCUT2D eigenvalue weighted by molar-refractivity contribution is -0.384. The van der Waals surface area contributed by atoms with E-state index in [-0.39, 0.29) is 28.7 Å². The van der Waals surface area contributed by atoms with E-state index in [9.17, 15) is 10.1 Å². The number of anilines is 2. The van der Waals surface area contributed by atoms with Crippen molar-refractivity contribution in [3.05, 3.63) is 64.2 Å². The summed E-state index contributed by atoms with van der Waals surface area (Å²) in [7, 11) is 6.06. The molecule has 0 fully saturated rings. The molecule has 7 heteroatoms. The van der Waals surface area contributed by atoms with Crippen molar-refractivity contribution in [3.8, 4) is 0 Å². The van der Waals surface area contributed by atoms with Gasteiger partial charge in [-0.05, 0) is 17.7 Å². The maximum absolute atomic E-state index is 11.0. The number of benzene rings is 2. The van der Waals surface area contributed by atoms with Gasteiger partial charge in [-0.1, -0.05) is 24.3 Å². The van der Waals surface area contributed by atoms with Crippen molar-refractivity contribution in [3.63, 3.8) is 0 Å². The van der Waals surface area contributed by atoms with Gasteiger partial charge in [0.2, 0.25) is 0 Å². The van der Waals surface area contributed by atoms with Gasteiger partial charge in [0.05, 0.1) is 28.3 Å². The predicted molar refractivity (Wildman–Crippen MR) is 103 cm³/mol. The van der Waals surface area contributed by atoms with E-state index in [1.54, 1.807) is 12.1 Å². The number of fused-ring (bicyclic) bond motifs is 2. The van der Waals surface area contributed by atoms with Crippen LogP contribution in [-0.4, -0.2) is 49.0 Å². The van der Waals surface area contributed by atoms with E-state index in [4.69, 9.17) is 4.99 Å². The second-order valence-corrected chi connectivity index (χ2v) is 6.92. The second-order valence-electron chi connectivity index (χ2n) is 6.92. The van der Waals surface area contributed by atoms with Crippen LogP contribution in [-0.2, 0) is 0 Å². The summed E-state index contributed by atoms with van der Waals surface area (Å²) in [6.45, 7) is 0. The molecule has 3 atom stereocenters. The zero-order valence-electron chi connectivity index (χ0n) is 15.0. The number of para-hydroxylation sites is 2. The number of nitrogens with zero attached hydrogens (tertiary/aromatic N) is 4. The minimum absolute atomic E-state index is 0.0293. The van der Waals surface area contributed by atoms with Gasteiger partial charge in [-0.3, -0.25) is 10.1 Å². The van der Waals surface area contributed by atoms with Crippen LogP contribution in [0.2, 0.25) is 0 Å². The van der Waals surface area contributed by atoms with Crippen LogP contribution in [0.25, 0.3) is 0 Å². The molecule has 0 spiro atoms. The fraction of sp³-hybridized carbons (Fsp3) is 0.316. The number of nitro benzene ring substituents is 1. The molecule has 0 bridgehead atoms. The molecule has 0 saturated heterocycles. The Bertz CT molecular complexity index is 878. The van der Waals surface area contributed by atoms with Crippen LogP contribution in [0.5, 0.6) is 0 Å². The quantitative estimate of drug-likeness (QED) is 0.665. The number of amidine groups is 1. The largest absolute Gasteiger partial charge is 0.366 e. The van der Waals surface area contributed by atoms with E-state index in [2.05, 4.69) is 29.4 Å². The zero-order valence-corrected chi connectivity index (χ0v) is 15.0. The van der Waals surface area contributed by atoms with Crippen LogP contribution in [0.3, 0.4) is 0 Å². The smallest absolute Gasteiger partial charge is 0.269 e. The molecule has 0 aliphatic carbocycles. The predicted octanol–water partition coefficient (Wildman–Crippen LogP) is 2.91. The number of hydrogen-bond donors (Lipinski definition) is 1. The second kappa shape index (κ2) is 6.01. The Balaban J connectivity index is 1.77. The third-order valence-corrected chi connectivity index (χ3v) is 5.17. The van der Waals surface area contributed by atoms with E-state index in [0.29, 0.717) is 0 Å². The van der Waals surface area contributed by atoms with Gasteiger partial charge in [-0.25, -0.2) is 4.99 Å². The number of nitro groups is 1. The highest BCUT2D eigenvalue weighted by molar-refractivity contribution is 5.94. The van der Waals surface area contributed by atoms with E-state index >= 15 is 0 Å². The Morgan fingerprint density at radius 3 is 2.50 bits per heavy atom. The van der Waals surface area contributed by atoms with Crippen molar-refractivity contribution in [2.75, 3.05) is 31.4 Å². The van der Waals surface area contributed by atoms with Crippen LogP contribution in [0, 0.1) is 10.1 Å². The molecule has 26 heavy (non-hydrogen) atoms. The molecular weight excluding hydrogens is 330 g/mol. The summed E-state index contributed by atoms with van der Waals surface area (Å²) in [5.41, 5.74) is 3.34. The van der Waals surface area contributed by atoms with E-state index in [1.165, 1.54) is 0 Å². The molecule has 1 N–H and O–H groups in total. The summed E-state index contributed by atoms with van der Waals surface area (Å²) in [5.74, 6) is 1.00. The SMILES string of the molecule is CN(C)C1=N[C@@H]2Nc3ccccc3N(C)[C@@H]2[C@@H]1c1ccc([N+](=O)[O-])cc1. The summed E-state index contributed by atoms with van der Waals surface area (Å²) >= 11 is 0. The fourth-order valence-electron chi connectivity index (χ4n) is 3.95. The highest BCUT2D eigenvalue weighted by atomic mass is 16.6. The topological polar surface area (TPSA) is 74.0 Å². The molecule has 0 radical (unpaired) electrons. The number of rotatable bonds is 2. The van der Waals surface area contributed by atoms with Gasteiger partial charge in [0.1, 0.15) is 12.0 Å². The summed E-state index contributed by atoms with van der Waals surface area (Å²) < 4.78 is 0. The van der Waals surface area contributed by atoms with E-state index in [1.807, 2.05) is 43.3 Å². The molecule has 0 amide bonds. The zero-order chi connectivity index (χ0) is 18.4. The molecule has 2 aliphatic heterocycles. The third-order valence-electron chi connectivity index (χ3n) is 5.17. The van der Waals surface area contributed by atoms with Gasteiger partial charge in [0.15, 0.2) is 0 Å². The first-order valence-corrected chi connectivity index (χ1v) is 8.55. The highest BCUT2D eigenvalue weighted by Crippen LogP contribution is 2.42. The van der Waals surface area contributed by atoms with Crippen molar-refractivity contribution < 1.29 is 4.92 Å². The normalized spacial score (nSPS) is 23.6. The maximum atomic E-state index is 11.0. The third kappa shape index (κ3) is 2.47. The van der Waals surface area contributed by atoms with E-state index < -0.39 is 0 Å². The van der Waals surface area contributed by atoms with Crippen molar-refractivity contribution in [1.29, 1.82) is 0 Å². The lowest BCUT2D eigenvalue weighted by Crippen LogP contribution is -2.49. The Kier molecular flexibility index (Phi) is 3.79. The van der Waals surface area contributed by atoms with Crippen LogP contribution in [0.4, 0.5) is 17.1 Å². The van der Waals surface area contributed by atoms with Gasteiger partial charge in [0, 0.05) is 33.3 Å². The monoisotopic (exact) mass is 351 g/mol. The minimum Gasteiger partial charge on any atom is -0.366 e. The Hall–Kier alpha value is -3.09. The minimum atomic E-state index is -0.368. The number of hydrogen-bond acceptors (Lipinski definition) is 6. The summed E-state index contributed by atoms with van der Waals surface area (Å²) in [6, 6.07) is 15.1. The molecule has 2 aromatic rings. The molecule has 0 aromatic heterocycles. The Morgan fingerprint density at radius 2 is 1.85 bits per heavy atom. The molecule has 2 aliphatic rings. The lowest BCUT2D eigenvalue weighted by Gasteiger charge is -2.41. The van der Waals surface area contributed by atoms with Gasteiger partial charge < -0.3 is 15.1 Å². The Labute approximate surface area is 152 Å². The van der Waals surface area contributed by atoms with Crippen LogP contribution < -0.4 is 10.2 Å². The molecule has 0 unspecified atom stereocenters. The standard InChI is InChI=1S/C19H21N5O2/c1-22(2)19-16(12-8-10-13(11-9-12)24(25)26)17-18(21-19)20-14-6-4-5-7-15(14)23(17)3/h4-11,16-18,20H,1-3H3/t16-,17+,18-/m0/s1. The van der Waals surface area contributed by atoms with Gasteiger partial charge in [-0.15, -0.1) is 0 Å². The molecule has 2 heterocycles. The summed E-state index contributed by atoms with van der Waals surface area (Å²) in [6.07, 6.45) is -0.0625. The average Bonchev–Trinajstić information content (AvgIpc) is 3.02. The van der Waals surface area contributed by atoms with E-state index in [0.717, 1.165) is 22.8 Å². The van der Waals surface area contributed by atoms with Gasteiger partial charge in [-0.2, -0.15) is 0 Å². The summed E-state index contributed by atoms with van der Waals surface area (Å²) in [4.78, 5) is 19.8. The number of aliphatic imine (C=N–C) groups is 1. The maximum Gasteiger partial charge on any atom is 0.269 e. The molecule has 134 valence electrons. The number of nitrogens with one attached hydrogen (secondary N) is 1. The lowest BCUT2D eigenvalue weighted by atomic mass is 9.88. The number of non-ortho nitro benzene ring substituents is 1.